The summed E-state index contributed by atoms with van der Waals surface area (Å²) in [6.45, 7) is 6.10. The van der Waals surface area contributed by atoms with Crippen LogP contribution >= 0.6 is 0 Å². The molecule has 3 fully saturated rings. The number of hydrogen-bond acceptors (Lipinski definition) is 5. The third kappa shape index (κ3) is 2.77. The summed E-state index contributed by atoms with van der Waals surface area (Å²) in [6.07, 6.45) is 9.15. The number of fused-ring (bicyclic) bond motifs is 7. The van der Waals surface area contributed by atoms with Crippen molar-refractivity contribution in [2.75, 3.05) is 13.2 Å². The lowest BCUT2D eigenvalue weighted by Crippen LogP contribution is -2.58. The van der Waals surface area contributed by atoms with Crippen molar-refractivity contribution in [3.8, 4) is 0 Å². The van der Waals surface area contributed by atoms with Crippen molar-refractivity contribution in [1.82, 2.24) is 14.9 Å². The number of H-pyrrole nitrogens is 1. The highest BCUT2D eigenvalue weighted by Gasteiger charge is 2.49. The van der Waals surface area contributed by atoms with E-state index in [1.165, 1.54) is 24.1 Å². The van der Waals surface area contributed by atoms with Gasteiger partial charge in [0.15, 0.2) is 0 Å². The van der Waals surface area contributed by atoms with Crippen LogP contribution in [0.3, 0.4) is 0 Å². The first kappa shape index (κ1) is 18.0. The molecular weight excluding hydrogens is 363 g/mol. The highest BCUT2D eigenvalue weighted by atomic mass is 16.4. The Bertz CT molecular complexity index is 984. The fourth-order valence-corrected chi connectivity index (χ4v) is 6.84. The molecule has 2 bridgehead atoms. The molecule has 2 aromatic rings. The minimum atomic E-state index is -0.553. The number of aliphatic hydroxyl groups is 1. The monoisotopic (exact) mass is 392 g/mol. The van der Waals surface area contributed by atoms with E-state index in [4.69, 9.17) is 9.76 Å². The summed E-state index contributed by atoms with van der Waals surface area (Å²) in [5.41, 5.74) is 3.93. The van der Waals surface area contributed by atoms with E-state index in [2.05, 4.69) is 27.9 Å². The third-order valence-electron chi connectivity index (χ3n) is 7.66. The zero-order chi connectivity index (χ0) is 19.8. The maximum Gasteiger partial charge on any atom is 0.471 e. The van der Waals surface area contributed by atoms with Crippen LogP contribution in [0.15, 0.2) is 23.6 Å². The van der Waals surface area contributed by atoms with Crippen molar-refractivity contribution in [2.24, 2.45) is 28.8 Å². The van der Waals surface area contributed by atoms with Crippen LogP contribution in [0.1, 0.15) is 51.5 Å². The number of aromatic nitrogens is 2. The normalized spacial score (nSPS) is 36.6. The quantitative estimate of drug-likeness (QED) is 0.732. The van der Waals surface area contributed by atoms with Gasteiger partial charge in [0.2, 0.25) is 0 Å². The molecule has 4 heterocycles. The molecule has 2 aliphatic heterocycles. The van der Waals surface area contributed by atoms with Crippen LogP contribution in [0.5, 0.6) is 0 Å². The number of nitrogens with one attached hydrogen (secondary N) is 1. The van der Waals surface area contributed by atoms with Crippen molar-refractivity contribution in [2.45, 2.75) is 51.6 Å². The Labute approximate surface area is 171 Å². The van der Waals surface area contributed by atoms with Gasteiger partial charge in [-0.2, -0.15) is 5.10 Å². The van der Waals surface area contributed by atoms with Gasteiger partial charge in [-0.25, -0.2) is 4.98 Å². The molecule has 0 radical (unpaired) electrons. The van der Waals surface area contributed by atoms with Gasteiger partial charge < -0.3 is 19.7 Å². The standard InChI is InChI=1S/C22H29BN4O2/c1-13-8-14-9-15(11-22(2,28)10-14)18(13)20-19-16-4-5-24-21(16)25-12-17(19)23-27(26-20)6-3-7-29-23/h4-5,12-15,18,28H,3,6-11H2,1-2H3,(H,24,25)/t13-,14+,15-,18-,22-/m1/s1. The van der Waals surface area contributed by atoms with E-state index >= 15 is 0 Å². The zero-order valence-electron chi connectivity index (χ0n) is 17.3. The van der Waals surface area contributed by atoms with E-state index in [1.54, 1.807) is 0 Å². The Kier molecular flexibility index (Phi) is 3.91. The molecule has 2 saturated carbocycles. The van der Waals surface area contributed by atoms with Gasteiger partial charge in [0.1, 0.15) is 5.65 Å². The molecule has 5 atom stereocenters. The lowest BCUT2D eigenvalue weighted by molar-refractivity contribution is -0.0565. The van der Waals surface area contributed by atoms with E-state index in [0.717, 1.165) is 48.9 Å². The van der Waals surface area contributed by atoms with Gasteiger partial charge in [0.05, 0.1) is 11.3 Å². The summed E-state index contributed by atoms with van der Waals surface area (Å²) in [7, 11) is -0.129. The molecule has 152 valence electrons. The Morgan fingerprint density at radius 3 is 3.14 bits per heavy atom. The molecule has 6 rings (SSSR count). The van der Waals surface area contributed by atoms with E-state index < -0.39 is 5.60 Å². The highest BCUT2D eigenvalue weighted by molar-refractivity contribution is 6.67. The molecule has 0 amide bonds. The number of rotatable bonds is 1. The summed E-state index contributed by atoms with van der Waals surface area (Å²) < 4.78 is 6.14. The Balaban J connectivity index is 1.51. The Hall–Kier alpha value is -1.86. The molecule has 0 spiro atoms. The van der Waals surface area contributed by atoms with Crippen molar-refractivity contribution in [3.05, 3.63) is 24.0 Å². The van der Waals surface area contributed by atoms with Crippen LogP contribution in [-0.2, 0) is 4.65 Å². The minimum Gasteiger partial charge on any atom is -0.412 e. The lowest BCUT2D eigenvalue weighted by Gasteiger charge is -2.50. The summed E-state index contributed by atoms with van der Waals surface area (Å²) >= 11 is 0. The van der Waals surface area contributed by atoms with Gasteiger partial charge in [-0.15, -0.1) is 0 Å². The fraction of sp³-hybridized carbons (Fsp3) is 0.636. The first-order valence-electron chi connectivity index (χ1n) is 11.2. The SMILES string of the molecule is C[C@@H]1C[C@H]2C[C@H](C[C@](C)(O)C2)[C@@H]1C1=NN2CCCOB2c2cnc3[nH]ccc3c21. The zero-order valence-corrected chi connectivity index (χ0v) is 17.3. The van der Waals surface area contributed by atoms with Crippen LogP contribution in [-0.4, -0.2) is 51.5 Å². The Morgan fingerprint density at radius 2 is 2.24 bits per heavy atom. The van der Waals surface area contributed by atoms with E-state index in [0.29, 0.717) is 23.7 Å². The fourth-order valence-electron chi connectivity index (χ4n) is 6.84. The number of aromatic amines is 1. The summed E-state index contributed by atoms with van der Waals surface area (Å²) in [4.78, 5) is 10.1. The molecule has 1 saturated heterocycles. The van der Waals surface area contributed by atoms with Crippen LogP contribution in [0.2, 0.25) is 0 Å². The number of hydrazone groups is 1. The van der Waals surface area contributed by atoms with Crippen molar-refractivity contribution >= 4 is 29.3 Å². The maximum absolute atomic E-state index is 10.9. The molecular formula is C22H29BN4O2. The summed E-state index contributed by atoms with van der Waals surface area (Å²) in [5, 5.41) is 17.3. The van der Waals surface area contributed by atoms with Crippen LogP contribution in [0, 0.1) is 23.7 Å². The van der Waals surface area contributed by atoms with Gasteiger partial charge >= 0.3 is 7.05 Å². The van der Waals surface area contributed by atoms with Gasteiger partial charge in [-0.1, -0.05) is 6.92 Å². The molecule has 0 aromatic carbocycles. The van der Waals surface area contributed by atoms with Crippen LogP contribution in [0.25, 0.3) is 11.0 Å². The maximum atomic E-state index is 10.9. The van der Waals surface area contributed by atoms with E-state index in [1.807, 2.05) is 19.3 Å². The highest BCUT2D eigenvalue weighted by Crippen LogP contribution is 2.51. The number of hydrogen-bond donors (Lipinski definition) is 2. The predicted molar refractivity (Wildman–Crippen MR) is 114 cm³/mol. The molecule has 2 N–H and O–H groups in total. The molecule has 0 unspecified atom stereocenters. The average molecular weight is 392 g/mol. The molecule has 2 aliphatic carbocycles. The second-order valence-corrected chi connectivity index (χ2v) is 10.1. The second-order valence-electron chi connectivity index (χ2n) is 10.1. The van der Waals surface area contributed by atoms with Crippen molar-refractivity contribution in [1.29, 1.82) is 0 Å². The number of pyridine rings is 1. The number of nitrogens with zero attached hydrogens (tertiary/aromatic N) is 3. The lowest BCUT2D eigenvalue weighted by atomic mass is 9.56. The van der Waals surface area contributed by atoms with Crippen LogP contribution < -0.4 is 5.46 Å². The van der Waals surface area contributed by atoms with Gasteiger partial charge in [0, 0.05) is 47.9 Å². The molecule has 29 heavy (non-hydrogen) atoms. The van der Waals surface area contributed by atoms with Crippen LogP contribution in [0.4, 0.5) is 0 Å². The predicted octanol–water partition coefficient (Wildman–Crippen LogP) is 2.52. The van der Waals surface area contributed by atoms with Crippen molar-refractivity contribution < 1.29 is 9.76 Å². The van der Waals surface area contributed by atoms with Gasteiger partial charge in [-0.05, 0) is 62.8 Å². The third-order valence-corrected chi connectivity index (χ3v) is 7.66. The molecule has 4 aliphatic rings. The first-order chi connectivity index (χ1) is 14.0. The van der Waals surface area contributed by atoms with Gasteiger partial charge in [0.25, 0.3) is 0 Å². The minimum absolute atomic E-state index is 0.129. The second kappa shape index (κ2) is 6.32. The largest absolute Gasteiger partial charge is 0.471 e. The molecule has 6 nitrogen and oxygen atoms in total. The summed E-state index contributed by atoms with van der Waals surface area (Å²) in [6, 6.07) is 2.13. The topological polar surface area (TPSA) is 73.7 Å². The summed E-state index contributed by atoms with van der Waals surface area (Å²) in [5.74, 6) is 2.03. The Morgan fingerprint density at radius 1 is 1.34 bits per heavy atom. The first-order valence-corrected chi connectivity index (χ1v) is 11.2. The van der Waals surface area contributed by atoms with Crippen molar-refractivity contribution in [3.63, 3.8) is 0 Å². The average Bonchev–Trinajstić information content (AvgIpc) is 3.15. The van der Waals surface area contributed by atoms with Gasteiger partial charge in [-0.3, -0.25) is 0 Å². The van der Waals surface area contributed by atoms with E-state index in [9.17, 15) is 5.11 Å². The molecule has 2 aromatic heterocycles. The van der Waals surface area contributed by atoms with E-state index in [-0.39, 0.29) is 7.05 Å². The smallest absolute Gasteiger partial charge is 0.412 e. The molecule has 7 heteroatoms.